The van der Waals surface area contributed by atoms with Crippen molar-refractivity contribution in [3.05, 3.63) is 17.5 Å². The number of aryl methyl sites for hydroxylation is 1. The number of aromatic nitrogens is 2. The molecule has 0 saturated carbocycles. The summed E-state index contributed by atoms with van der Waals surface area (Å²) in [5.41, 5.74) is 1.84. The molecule has 2 N–H and O–H groups in total. The van der Waals surface area contributed by atoms with E-state index in [1.807, 2.05) is 18.1 Å². The first-order valence-electron chi connectivity index (χ1n) is 7.04. The second kappa shape index (κ2) is 6.57. The number of rotatable bonds is 1. The van der Waals surface area contributed by atoms with Crippen LogP contribution in [0.2, 0.25) is 0 Å². The number of carboxylic acids is 1. The third-order valence-electron chi connectivity index (χ3n) is 3.77. The number of nitrogens with zero attached hydrogens (tertiary/aromatic N) is 3. The SMILES string of the molecule is Cn1ncc2c1C(=O)N([C@H]1CCCNC1)C2.O=C(O)C(F)(F)F. The fourth-order valence-electron chi connectivity index (χ4n) is 2.66. The molecule has 0 aliphatic carbocycles. The minimum atomic E-state index is -5.08. The van der Waals surface area contributed by atoms with E-state index >= 15 is 0 Å². The Morgan fingerprint density at radius 2 is 2.13 bits per heavy atom. The van der Waals surface area contributed by atoms with E-state index in [-0.39, 0.29) is 5.91 Å². The van der Waals surface area contributed by atoms with E-state index in [4.69, 9.17) is 9.90 Å². The lowest BCUT2D eigenvalue weighted by molar-refractivity contribution is -0.192. The van der Waals surface area contributed by atoms with Crippen LogP contribution in [0.4, 0.5) is 13.2 Å². The standard InChI is InChI=1S/C11H16N4O.C2HF3O2/c1-14-10-8(5-13-14)7-15(11(10)16)9-3-2-4-12-6-9;3-2(4,5)1(6)7/h5,9,12H,2-4,6-7H2,1H3;(H,6,7)/t9-;/m0./s1. The van der Waals surface area contributed by atoms with Crippen LogP contribution in [0.3, 0.4) is 0 Å². The molecule has 1 aromatic rings. The van der Waals surface area contributed by atoms with Crippen molar-refractivity contribution in [2.45, 2.75) is 31.6 Å². The average molecular weight is 334 g/mol. The zero-order valence-corrected chi connectivity index (χ0v) is 12.4. The van der Waals surface area contributed by atoms with Gasteiger partial charge in [-0.15, -0.1) is 0 Å². The van der Waals surface area contributed by atoms with Gasteiger partial charge in [0.25, 0.3) is 5.91 Å². The molecule has 1 saturated heterocycles. The summed E-state index contributed by atoms with van der Waals surface area (Å²) >= 11 is 0. The molecule has 7 nitrogen and oxygen atoms in total. The smallest absolute Gasteiger partial charge is 0.475 e. The minimum Gasteiger partial charge on any atom is -0.475 e. The van der Waals surface area contributed by atoms with Gasteiger partial charge in [0.15, 0.2) is 0 Å². The van der Waals surface area contributed by atoms with Crippen molar-refractivity contribution >= 4 is 11.9 Å². The summed E-state index contributed by atoms with van der Waals surface area (Å²) in [7, 11) is 1.83. The quantitative estimate of drug-likeness (QED) is 0.792. The lowest BCUT2D eigenvalue weighted by Crippen LogP contribution is -2.46. The van der Waals surface area contributed by atoms with Crippen molar-refractivity contribution in [1.29, 1.82) is 0 Å². The number of amides is 1. The molecule has 3 heterocycles. The van der Waals surface area contributed by atoms with Crippen LogP contribution in [-0.4, -0.2) is 57.0 Å². The molecule has 2 aliphatic rings. The first-order valence-corrected chi connectivity index (χ1v) is 7.04. The lowest BCUT2D eigenvalue weighted by Gasteiger charge is -2.31. The topological polar surface area (TPSA) is 87.5 Å². The monoisotopic (exact) mass is 334 g/mol. The zero-order valence-electron chi connectivity index (χ0n) is 12.4. The first kappa shape index (κ1) is 17.3. The molecule has 0 aromatic carbocycles. The van der Waals surface area contributed by atoms with Crippen molar-refractivity contribution in [1.82, 2.24) is 20.0 Å². The maximum Gasteiger partial charge on any atom is 0.490 e. The molecule has 1 amide bonds. The maximum absolute atomic E-state index is 12.2. The summed E-state index contributed by atoms with van der Waals surface area (Å²) in [5.74, 6) is -2.61. The van der Waals surface area contributed by atoms with Gasteiger partial charge in [-0.3, -0.25) is 9.48 Å². The van der Waals surface area contributed by atoms with E-state index in [1.165, 1.54) is 0 Å². The highest BCUT2D eigenvalue weighted by Crippen LogP contribution is 2.25. The van der Waals surface area contributed by atoms with Gasteiger partial charge in [0, 0.05) is 25.2 Å². The Hall–Kier alpha value is -2.10. The van der Waals surface area contributed by atoms with E-state index < -0.39 is 12.1 Å². The molecule has 128 valence electrons. The maximum atomic E-state index is 12.2. The number of carbonyl (C=O) groups excluding carboxylic acids is 1. The van der Waals surface area contributed by atoms with Crippen LogP contribution in [0, 0.1) is 0 Å². The van der Waals surface area contributed by atoms with Crippen molar-refractivity contribution < 1.29 is 27.9 Å². The highest BCUT2D eigenvalue weighted by Gasteiger charge is 2.38. The van der Waals surface area contributed by atoms with Crippen LogP contribution in [0.5, 0.6) is 0 Å². The number of hydrogen-bond acceptors (Lipinski definition) is 4. The van der Waals surface area contributed by atoms with Gasteiger partial charge in [0.2, 0.25) is 0 Å². The van der Waals surface area contributed by atoms with Gasteiger partial charge < -0.3 is 15.3 Å². The summed E-state index contributed by atoms with van der Waals surface area (Å²) in [6.07, 6.45) is -1.01. The van der Waals surface area contributed by atoms with Crippen LogP contribution in [0.25, 0.3) is 0 Å². The third-order valence-corrected chi connectivity index (χ3v) is 3.77. The number of halogens is 3. The van der Waals surface area contributed by atoms with Crippen LogP contribution in [-0.2, 0) is 18.4 Å². The number of aliphatic carboxylic acids is 1. The van der Waals surface area contributed by atoms with Gasteiger partial charge in [-0.2, -0.15) is 18.3 Å². The second-order valence-corrected chi connectivity index (χ2v) is 5.38. The van der Waals surface area contributed by atoms with Crippen molar-refractivity contribution in [2.24, 2.45) is 7.05 Å². The largest absolute Gasteiger partial charge is 0.490 e. The minimum absolute atomic E-state index is 0.142. The van der Waals surface area contributed by atoms with Gasteiger partial charge in [-0.1, -0.05) is 0 Å². The van der Waals surface area contributed by atoms with Crippen molar-refractivity contribution in [3.8, 4) is 0 Å². The molecule has 23 heavy (non-hydrogen) atoms. The number of nitrogens with one attached hydrogen (secondary N) is 1. The molecule has 10 heteroatoms. The Morgan fingerprint density at radius 1 is 1.48 bits per heavy atom. The predicted octanol–water partition coefficient (Wildman–Crippen LogP) is 0.761. The van der Waals surface area contributed by atoms with Crippen molar-refractivity contribution in [3.63, 3.8) is 0 Å². The Balaban J connectivity index is 0.000000236. The summed E-state index contributed by atoms with van der Waals surface area (Å²) < 4.78 is 33.4. The third kappa shape index (κ3) is 3.81. The molecule has 0 unspecified atom stereocenters. The summed E-state index contributed by atoms with van der Waals surface area (Å²) in [6, 6.07) is 0.355. The Morgan fingerprint density at radius 3 is 2.61 bits per heavy atom. The second-order valence-electron chi connectivity index (χ2n) is 5.38. The molecule has 0 radical (unpaired) electrons. The number of hydrogen-bond donors (Lipinski definition) is 2. The Labute approximate surface area is 130 Å². The Kier molecular flexibility index (Phi) is 4.93. The van der Waals surface area contributed by atoms with E-state index in [9.17, 15) is 18.0 Å². The molecule has 0 bridgehead atoms. The number of fused-ring (bicyclic) bond motifs is 1. The van der Waals surface area contributed by atoms with Gasteiger partial charge >= 0.3 is 12.1 Å². The normalized spacial score (nSPS) is 20.8. The summed E-state index contributed by atoms with van der Waals surface area (Å²) in [5, 5.41) is 14.6. The summed E-state index contributed by atoms with van der Waals surface area (Å²) in [6.45, 7) is 2.73. The van der Waals surface area contributed by atoms with E-state index in [1.54, 1.807) is 4.68 Å². The van der Waals surface area contributed by atoms with Gasteiger partial charge in [-0.05, 0) is 19.4 Å². The fraction of sp³-hybridized carbons (Fsp3) is 0.615. The van der Waals surface area contributed by atoms with Gasteiger partial charge in [0.05, 0.1) is 12.7 Å². The number of carbonyl (C=O) groups is 2. The number of piperidine rings is 1. The highest BCUT2D eigenvalue weighted by atomic mass is 19.4. The van der Waals surface area contributed by atoms with E-state index in [0.717, 1.165) is 43.7 Å². The fourth-order valence-corrected chi connectivity index (χ4v) is 2.66. The molecular weight excluding hydrogens is 317 g/mol. The average Bonchev–Trinajstić information content (AvgIpc) is 3.01. The molecule has 1 aromatic heterocycles. The zero-order chi connectivity index (χ0) is 17.2. The van der Waals surface area contributed by atoms with Crippen molar-refractivity contribution in [2.75, 3.05) is 13.1 Å². The highest BCUT2D eigenvalue weighted by molar-refractivity contribution is 5.96. The van der Waals surface area contributed by atoms with Crippen LogP contribution in [0.15, 0.2) is 6.20 Å². The number of carboxylic acid groups (broad SMARTS) is 1. The van der Waals surface area contributed by atoms with Gasteiger partial charge in [0.1, 0.15) is 5.69 Å². The molecule has 0 spiro atoms. The molecule has 2 aliphatic heterocycles. The number of alkyl halides is 3. The summed E-state index contributed by atoms with van der Waals surface area (Å²) in [4.78, 5) is 23.1. The predicted molar refractivity (Wildman–Crippen MR) is 72.7 cm³/mol. The first-order chi connectivity index (χ1) is 10.7. The molecule has 1 fully saturated rings. The molecule has 1 atom stereocenters. The molecular formula is C13H17F3N4O3. The van der Waals surface area contributed by atoms with Crippen LogP contribution in [0.1, 0.15) is 28.9 Å². The Bertz CT molecular complexity index is 594. The lowest BCUT2D eigenvalue weighted by atomic mass is 10.1. The van der Waals surface area contributed by atoms with Crippen LogP contribution < -0.4 is 5.32 Å². The molecule has 3 rings (SSSR count). The van der Waals surface area contributed by atoms with E-state index in [2.05, 4.69) is 10.4 Å². The van der Waals surface area contributed by atoms with Crippen LogP contribution >= 0.6 is 0 Å². The van der Waals surface area contributed by atoms with E-state index in [0.29, 0.717) is 6.04 Å². The van der Waals surface area contributed by atoms with Gasteiger partial charge in [-0.25, -0.2) is 4.79 Å².